The maximum absolute atomic E-state index is 12.5. The molecule has 7 rings (SSSR count). The van der Waals surface area contributed by atoms with Crippen LogP contribution >= 0.6 is 0 Å². The molecule has 0 unspecified atom stereocenters. The van der Waals surface area contributed by atoms with E-state index in [0.29, 0.717) is 11.6 Å². The molecule has 9 nitrogen and oxygen atoms in total. The smallest absolute Gasteiger partial charge is 0.218 e. The number of benzene rings is 2. The molecule has 12 heteroatoms. The van der Waals surface area contributed by atoms with Gasteiger partial charge in [0.1, 0.15) is 34.9 Å². The number of rotatable bonds is 7. The van der Waals surface area contributed by atoms with Gasteiger partial charge in [-0.05, 0) is 91.4 Å². The van der Waals surface area contributed by atoms with E-state index in [2.05, 4.69) is 91.4 Å². The number of fused-ring (bicyclic) bond motifs is 1. The Morgan fingerprint density at radius 2 is 1.70 bits per heavy atom. The SMILES string of the molecule is BC(B)(B)N(C(C)=O)C1CCN(c2cccc(-c3ccc4nc(-c5cccnc5N)n(-c5ccc(C6(N)CCC6)cc5)c4n3)c2)CC1. The molecule has 0 atom stereocenters. The molecule has 236 valence electrons. The highest BCUT2D eigenvalue weighted by Crippen LogP contribution is 2.39. The van der Waals surface area contributed by atoms with Crippen LogP contribution in [0, 0.1) is 0 Å². The van der Waals surface area contributed by atoms with E-state index >= 15 is 0 Å². The number of hydrogen-bond donors (Lipinski definition) is 2. The first-order chi connectivity index (χ1) is 22.5. The highest BCUT2D eigenvalue weighted by atomic mass is 16.2. The summed E-state index contributed by atoms with van der Waals surface area (Å²) in [5, 5.41) is -0.191. The second-order valence-electron chi connectivity index (χ2n) is 14.1. The second kappa shape index (κ2) is 11.9. The first-order valence-corrected chi connectivity index (χ1v) is 16.7. The summed E-state index contributed by atoms with van der Waals surface area (Å²) < 4.78 is 2.07. The number of amides is 1. The number of piperidine rings is 1. The number of anilines is 2. The lowest BCUT2D eigenvalue weighted by molar-refractivity contribution is -0.132. The molecule has 3 aromatic heterocycles. The van der Waals surface area contributed by atoms with E-state index in [9.17, 15) is 4.79 Å². The molecule has 1 saturated carbocycles. The third kappa shape index (κ3) is 5.80. The fourth-order valence-electron chi connectivity index (χ4n) is 7.46. The van der Waals surface area contributed by atoms with Gasteiger partial charge in [-0.2, -0.15) is 0 Å². The van der Waals surface area contributed by atoms with Crippen LogP contribution in [0.3, 0.4) is 0 Å². The van der Waals surface area contributed by atoms with Gasteiger partial charge in [0.15, 0.2) is 11.5 Å². The van der Waals surface area contributed by atoms with Crippen molar-refractivity contribution in [3.63, 3.8) is 0 Å². The van der Waals surface area contributed by atoms with Crippen molar-refractivity contribution in [1.29, 1.82) is 0 Å². The minimum atomic E-state index is -0.239. The predicted octanol–water partition coefficient (Wildman–Crippen LogP) is 2.40. The Morgan fingerprint density at radius 3 is 2.34 bits per heavy atom. The van der Waals surface area contributed by atoms with Gasteiger partial charge in [-0.1, -0.05) is 24.3 Å². The first-order valence-electron chi connectivity index (χ1n) is 16.7. The number of hydrogen-bond acceptors (Lipinski definition) is 7. The summed E-state index contributed by atoms with van der Waals surface area (Å²) in [6, 6.07) is 25.2. The topological polar surface area (TPSA) is 119 Å². The number of aromatic nitrogens is 4. The number of imidazole rings is 1. The van der Waals surface area contributed by atoms with Crippen molar-refractivity contribution in [2.75, 3.05) is 23.7 Å². The van der Waals surface area contributed by atoms with Crippen LogP contribution in [0.2, 0.25) is 0 Å². The number of nitrogen functional groups attached to an aromatic ring is 1. The minimum absolute atomic E-state index is 0.144. The molecule has 0 bridgehead atoms. The summed E-state index contributed by atoms with van der Waals surface area (Å²) in [6.07, 6.45) is 6.75. The zero-order valence-electron chi connectivity index (χ0n) is 27.8. The highest BCUT2D eigenvalue weighted by Gasteiger charge is 2.35. The first kappa shape index (κ1) is 31.1. The molecule has 1 aliphatic carbocycles. The van der Waals surface area contributed by atoms with Crippen LogP contribution in [0.1, 0.15) is 44.6 Å². The van der Waals surface area contributed by atoms with Crippen LogP contribution in [0.5, 0.6) is 0 Å². The van der Waals surface area contributed by atoms with Gasteiger partial charge in [-0.25, -0.2) is 15.0 Å². The quantitative estimate of drug-likeness (QED) is 0.268. The summed E-state index contributed by atoms with van der Waals surface area (Å²) in [4.78, 5) is 31.6. The van der Waals surface area contributed by atoms with Gasteiger partial charge in [0.25, 0.3) is 0 Å². The molecule has 1 amide bonds. The van der Waals surface area contributed by atoms with E-state index in [0.717, 1.165) is 90.1 Å². The number of carbonyl (C=O) groups is 1. The Bertz CT molecular complexity index is 1940. The van der Waals surface area contributed by atoms with Crippen LogP contribution in [0.15, 0.2) is 79.0 Å². The Balaban J connectivity index is 1.23. The van der Waals surface area contributed by atoms with Crippen LogP contribution in [0.25, 0.3) is 39.5 Å². The standard InChI is InChI=1S/C35H41B3N8O/c1-22(47)46(35(36,37)38)26-14-19-44(20-15-26)27-6-2-5-23(21-27)29-12-13-30-33(42-29)45(32(43-30)28-7-3-18-41-31(28)39)25-10-8-24(9-11-25)34(40)16-4-17-34/h2-3,5-13,18,21,26H,4,14-17,19-20,36-38,40H2,1H3,(H2,39,41). The number of nitrogens with zero attached hydrogens (tertiary/aromatic N) is 6. The van der Waals surface area contributed by atoms with Crippen molar-refractivity contribution in [1.82, 2.24) is 24.4 Å². The van der Waals surface area contributed by atoms with Gasteiger partial charge in [0.05, 0.1) is 11.3 Å². The summed E-state index contributed by atoms with van der Waals surface area (Å²) in [5.74, 6) is 1.26. The van der Waals surface area contributed by atoms with Crippen molar-refractivity contribution in [2.24, 2.45) is 5.73 Å². The minimum Gasteiger partial charge on any atom is -0.383 e. The molecule has 0 spiro atoms. The van der Waals surface area contributed by atoms with E-state index < -0.39 is 0 Å². The normalized spacial score (nSPS) is 16.6. The lowest BCUT2D eigenvalue weighted by Crippen LogP contribution is -2.59. The predicted molar refractivity (Wildman–Crippen MR) is 198 cm³/mol. The number of carbonyl (C=O) groups excluding carboxylic acids is 1. The largest absolute Gasteiger partial charge is 0.383 e. The van der Waals surface area contributed by atoms with E-state index in [4.69, 9.17) is 21.4 Å². The molecular formula is C35H41B3N8O. The second-order valence-corrected chi connectivity index (χ2v) is 14.1. The average molecular weight is 622 g/mol. The fourth-order valence-corrected chi connectivity index (χ4v) is 7.46. The van der Waals surface area contributed by atoms with Gasteiger partial charge in [0, 0.05) is 54.7 Å². The van der Waals surface area contributed by atoms with E-state index in [1.807, 2.05) is 24.3 Å². The van der Waals surface area contributed by atoms with Crippen molar-refractivity contribution < 1.29 is 4.79 Å². The molecular weight excluding hydrogens is 581 g/mol. The van der Waals surface area contributed by atoms with Gasteiger partial charge in [-0.3, -0.25) is 9.36 Å². The lowest BCUT2D eigenvalue weighted by atomic mass is 9.48. The van der Waals surface area contributed by atoms with Crippen LogP contribution in [-0.4, -0.2) is 78.2 Å². The monoisotopic (exact) mass is 622 g/mol. The van der Waals surface area contributed by atoms with E-state index in [1.54, 1.807) is 13.1 Å². The Morgan fingerprint density at radius 1 is 0.957 bits per heavy atom. The molecule has 2 fully saturated rings. The molecule has 5 aromatic rings. The molecule has 0 radical (unpaired) electrons. The zero-order chi connectivity index (χ0) is 32.9. The van der Waals surface area contributed by atoms with Crippen molar-refractivity contribution in [3.8, 4) is 28.3 Å². The van der Waals surface area contributed by atoms with Crippen LogP contribution < -0.4 is 16.4 Å². The van der Waals surface area contributed by atoms with Gasteiger partial charge < -0.3 is 21.3 Å². The third-order valence-corrected chi connectivity index (χ3v) is 9.93. The summed E-state index contributed by atoms with van der Waals surface area (Å²) in [7, 11) is 6.36. The number of pyridine rings is 2. The van der Waals surface area contributed by atoms with Gasteiger partial charge >= 0.3 is 0 Å². The molecule has 47 heavy (non-hydrogen) atoms. The molecule has 2 aromatic carbocycles. The Kier molecular flexibility index (Phi) is 7.87. The maximum Gasteiger partial charge on any atom is 0.218 e. The fraction of sp³-hybridized carbons (Fsp3) is 0.314. The molecule has 1 saturated heterocycles. The third-order valence-electron chi connectivity index (χ3n) is 9.93. The van der Waals surface area contributed by atoms with Crippen molar-refractivity contribution in [2.45, 2.75) is 55.8 Å². The zero-order valence-corrected chi connectivity index (χ0v) is 27.8. The van der Waals surface area contributed by atoms with E-state index in [-0.39, 0.29) is 22.7 Å². The highest BCUT2D eigenvalue weighted by molar-refractivity contribution is 6.59. The lowest BCUT2D eigenvalue weighted by Gasteiger charge is -2.46. The van der Waals surface area contributed by atoms with Crippen molar-refractivity contribution >= 4 is 52.1 Å². The number of nitrogens with two attached hydrogens (primary N) is 2. The molecule has 1 aliphatic heterocycles. The molecule has 2 aliphatic rings. The average Bonchev–Trinajstić information content (AvgIpc) is 3.42. The molecule has 4 heterocycles. The maximum atomic E-state index is 12.5. The van der Waals surface area contributed by atoms with Crippen LogP contribution in [0.4, 0.5) is 11.5 Å². The van der Waals surface area contributed by atoms with E-state index in [1.165, 1.54) is 0 Å². The van der Waals surface area contributed by atoms with Gasteiger partial charge in [-0.15, -0.1) is 0 Å². The molecule has 4 N–H and O–H groups in total. The van der Waals surface area contributed by atoms with Crippen LogP contribution in [-0.2, 0) is 10.3 Å². The van der Waals surface area contributed by atoms with Gasteiger partial charge in [0.2, 0.25) is 5.91 Å². The Labute approximate surface area is 279 Å². The summed E-state index contributed by atoms with van der Waals surface area (Å²) in [5.41, 5.74) is 20.2. The van der Waals surface area contributed by atoms with Crippen molar-refractivity contribution in [3.05, 3.63) is 84.6 Å². The summed E-state index contributed by atoms with van der Waals surface area (Å²) >= 11 is 0. The summed E-state index contributed by atoms with van der Waals surface area (Å²) in [6.45, 7) is 3.47. The Hall–Kier alpha value is -4.57.